The minimum absolute atomic E-state index is 0.0723. The van der Waals surface area contributed by atoms with E-state index in [-0.39, 0.29) is 30.0 Å². The standard InChI is InChI=1S/C22H24N4O4/c27-21-16-20(22(28)25(21)11-10-17-4-2-1-3-5-17)24-14-12-23(13-15-24)18-6-8-19(9-7-18)26(29)30/h1-9,20H,10-16H2. The van der Waals surface area contributed by atoms with Gasteiger partial charge in [-0.2, -0.15) is 0 Å². The van der Waals surface area contributed by atoms with E-state index in [1.807, 2.05) is 30.3 Å². The summed E-state index contributed by atoms with van der Waals surface area (Å²) in [5, 5.41) is 10.8. The molecule has 1 atom stereocenters. The number of nitrogens with zero attached hydrogens (tertiary/aromatic N) is 4. The molecule has 30 heavy (non-hydrogen) atoms. The van der Waals surface area contributed by atoms with Crippen LogP contribution in [0.5, 0.6) is 0 Å². The highest BCUT2D eigenvalue weighted by atomic mass is 16.6. The van der Waals surface area contributed by atoms with Crippen molar-refractivity contribution in [2.45, 2.75) is 18.9 Å². The molecule has 0 spiro atoms. The highest BCUT2D eigenvalue weighted by Gasteiger charge is 2.42. The Bertz CT molecular complexity index is 924. The van der Waals surface area contributed by atoms with Gasteiger partial charge in [0.2, 0.25) is 11.8 Å². The number of piperazine rings is 1. The van der Waals surface area contributed by atoms with Gasteiger partial charge in [-0.3, -0.25) is 29.5 Å². The Balaban J connectivity index is 1.32. The van der Waals surface area contributed by atoms with Gasteiger partial charge in [-0.05, 0) is 24.1 Å². The summed E-state index contributed by atoms with van der Waals surface area (Å²) in [5.74, 6) is -0.196. The summed E-state index contributed by atoms with van der Waals surface area (Å²) in [6.07, 6.45) is 0.907. The first-order chi connectivity index (χ1) is 14.5. The molecule has 4 rings (SSSR count). The van der Waals surface area contributed by atoms with E-state index in [1.165, 1.54) is 17.0 Å². The minimum atomic E-state index is -0.409. The van der Waals surface area contributed by atoms with Crippen LogP contribution in [-0.4, -0.2) is 65.3 Å². The smallest absolute Gasteiger partial charge is 0.269 e. The topological polar surface area (TPSA) is 87.0 Å². The van der Waals surface area contributed by atoms with Crippen LogP contribution in [0.2, 0.25) is 0 Å². The first kappa shape index (κ1) is 20.0. The number of likely N-dealkylation sites (tertiary alicyclic amines) is 1. The number of nitro benzene ring substituents is 1. The number of anilines is 1. The molecule has 0 bridgehead atoms. The fourth-order valence-electron chi connectivity index (χ4n) is 4.15. The molecule has 0 N–H and O–H groups in total. The predicted octanol–water partition coefficient (Wildman–Crippen LogP) is 2.09. The van der Waals surface area contributed by atoms with Crippen molar-refractivity contribution in [3.8, 4) is 0 Å². The second kappa shape index (κ2) is 8.62. The molecule has 0 radical (unpaired) electrons. The Morgan fingerprint density at radius 3 is 2.23 bits per heavy atom. The van der Waals surface area contributed by atoms with Crippen molar-refractivity contribution in [2.75, 3.05) is 37.6 Å². The molecular formula is C22H24N4O4. The number of hydrogen-bond donors (Lipinski definition) is 0. The number of imide groups is 1. The molecule has 2 aromatic rings. The molecule has 2 heterocycles. The summed E-state index contributed by atoms with van der Waals surface area (Å²) >= 11 is 0. The molecule has 0 aliphatic carbocycles. The average molecular weight is 408 g/mol. The van der Waals surface area contributed by atoms with Crippen LogP contribution in [0.25, 0.3) is 0 Å². The van der Waals surface area contributed by atoms with Crippen molar-refractivity contribution in [2.24, 2.45) is 0 Å². The van der Waals surface area contributed by atoms with Crippen LogP contribution in [0.15, 0.2) is 54.6 Å². The van der Waals surface area contributed by atoms with Crippen molar-refractivity contribution in [1.82, 2.24) is 9.80 Å². The third kappa shape index (κ3) is 4.18. The molecule has 156 valence electrons. The number of hydrogen-bond acceptors (Lipinski definition) is 6. The Morgan fingerprint density at radius 2 is 1.60 bits per heavy atom. The molecule has 8 heteroatoms. The lowest BCUT2D eigenvalue weighted by atomic mass is 10.1. The van der Waals surface area contributed by atoms with Crippen molar-refractivity contribution < 1.29 is 14.5 Å². The van der Waals surface area contributed by atoms with E-state index in [4.69, 9.17) is 0 Å². The van der Waals surface area contributed by atoms with Gasteiger partial charge < -0.3 is 4.90 Å². The van der Waals surface area contributed by atoms with E-state index in [0.717, 1.165) is 11.3 Å². The summed E-state index contributed by atoms with van der Waals surface area (Å²) in [5.41, 5.74) is 2.11. The van der Waals surface area contributed by atoms with Crippen molar-refractivity contribution in [3.63, 3.8) is 0 Å². The van der Waals surface area contributed by atoms with Crippen molar-refractivity contribution in [3.05, 3.63) is 70.3 Å². The number of carbonyl (C=O) groups excluding carboxylic acids is 2. The first-order valence-electron chi connectivity index (χ1n) is 10.1. The summed E-state index contributed by atoms with van der Waals surface area (Å²) in [4.78, 5) is 41.4. The Kier molecular flexibility index (Phi) is 5.76. The van der Waals surface area contributed by atoms with Gasteiger partial charge >= 0.3 is 0 Å². The summed E-state index contributed by atoms with van der Waals surface area (Å²) in [7, 11) is 0. The molecule has 8 nitrogen and oxygen atoms in total. The van der Waals surface area contributed by atoms with E-state index in [9.17, 15) is 19.7 Å². The van der Waals surface area contributed by atoms with Crippen LogP contribution in [0.4, 0.5) is 11.4 Å². The van der Waals surface area contributed by atoms with Crippen LogP contribution in [0, 0.1) is 10.1 Å². The van der Waals surface area contributed by atoms with Crippen molar-refractivity contribution in [1.29, 1.82) is 0 Å². The summed E-state index contributed by atoms with van der Waals surface area (Å²) in [6.45, 7) is 3.18. The zero-order valence-corrected chi connectivity index (χ0v) is 16.6. The van der Waals surface area contributed by atoms with E-state index < -0.39 is 4.92 Å². The van der Waals surface area contributed by atoms with Gasteiger partial charge in [0.1, 0.15) is 0 Å². The van der Waals surface area contributed by atoms with Gasteiger partial charge in [0.15, 0.2) is 0 Å². The Hall–Kier alpha value is -3.26. The number of non-ortho nitro benzene ring substituents is 1. The zero-order valence-electron chi connectivity index (χ0n) is 16.6. The maximum atomic E-state index is 12.9. The molecular weight excluding hydrogens is 384 g/mol. The molecule has 1 unspecified atom stereocenters. The van der Waals surface area contributed by atoms with E-state index in [0.29, 0.717) is 39.1 Å². The monoisotopic (exact) mass is 408 g/mol. The van der Waals surface area contributed by atoms with Crippen LogP contribution in [-0.2, 0) is 16.0 Å². The van der Waals surface area contributed by atoms with Crippen molar-refractivity contribution >= 4 is 23.2 Å². The third-order valence-corrected chi connectivity index (χ3v) is 5.87. The maximum Gasteiger partial charge on any atom is 0.269 e. The lowest BCUT2D eigenvalue weighted by molar-refractivity contribution is -0.384. The summed E-state index contributed by atoms with van der Waals surface area (Å²) < 4.78 is 0. The van der Waals surface area contributed by atoms with Gasteiger partial charge in [0.05, 0.1) is 17.4 Å². The quantitative estimate of drug-likeness (QED) is 0.413. The lowest BCUT2D eigenvalue weighted by Crippen LogP contribution is -2.52. The zero-order chi connectivity index (χ0) is 21.1. The first-order valence-corrected chi connectivity index (χ1v) is 10.1. The second-order valence-corrected chi connectivity index (χ2v) is 7.64. The average Bonchev–Trinajstić information content (AvgIpc) is 3.06. The molecule has 2 fully saturated rings. The highest BCUT2D eigenvalue weighted by molar-refractivity contribution is 6.05. The summed E-state index contributed by atoms with van der Waals surface area (Å²) in [6, 6.07) is 16.0. The minimum Gasteiger partial charge on any atom is -0.369 e. The van der Waals surface area contributed by atoms with Gasteiger partial charge in [0.25, 0.3) is 5.69 Å². The molecule has 2 saturated heterocycles. The van der Waals surface area contributed by atoms with Crippen LogP contribution in [0.3, 0.4) is 0 Å². The number of amides is 2. The van der Waals surface area contributed by atoms with Gasteiger partial charge in [-0.25, -0.2) is 0 Å². The largest absolute Gasteiger partial charge is 0.369 e. The molecule has 0 saturated carbocycles. The Labute approximate surface area is 174 Å². The highest BCUT2D eigenvalue weighted by Crippen LogP contribution is 2.24. The van der Waals surface area contributed by atoms with Crippen LogP contribution >= 0.6 is 0 Å². The normalized spacial score (nSPS) is 20.1. The fourth-order valence-corrected chi connectivity index (χ4v) is 4.15. The molecule has 0 aromatic heterocycles. The number of nitro groups is 1. The van der Waals surface area contributed by atoms with Crippen LogP contribution < -0.4 is 4.90 Å². The number of carbonyl (C=O) groups is 2. The van der Waals surface area contributed by atoms with E-state index in [1.54, 1.807) is 12.1 Å². The molecule has 2 aliphatic heterocycles. The molecule has 2 aliphatic rings. The van der Waals surface area contributed by atoms with Gasteiger partial charge in [-0.15, -0.1) is 0 Å². The van der Waals surface area contributed by atoms with Gasteiger partial charge in [0, 0.05) is 50.5 Å². The second-order valence-electron chi connectivity index (χ2n) is 7.64. The van der Waals surface area contributed by atoms with E-state index >= 15 is 0 Å². The predicted molar refractivity (Wildman–Crippen MR) is 112 cm³/mol. The third-order valence-electron chi connectivity index (χ3n) is 5.87. The maximum absolute atomic E-state index is 12.9. The van der Waals surface area contributed by atoms with E-state index in [2.05, 4.69) is 9.80 Å². The number of benzene rings is 2. The SMILES string of the molecule is O=C1CC(N2CCN(c3ccc([N+](=O)[O-])cc3)CC2)C(=O)N1CCc1ccccc1. The Morgan fingerprint density at radius 1 is 0.933 bits per heavy atom. The van der Waals surface area contributed by atoms with Gasteiger partial charge in [-0.1, -0.05) is 30.3 Å². The molecule has 2 aromatic carbocycles. The van der Waals surface area contributed by atoms with Crippen LogP contribution in [0.1, 0.15) is 12.0 Å². The number of rotatable bonds is 6. The molecule has 2 amide bonds. The fraction of sp³-hybridized carbons (Fsp3) is 0.364. The lowest BCUT2D eigenvalue weighted by Gasteiger charge is -2.38.